The van der Waals surface area contributed by atoms with E-state index < -0.39 is 29.9 Å². The number of ether oxygens (including phenoxy) is 1. The highest BCUT2D eigenvalue weighted by Crippen LogP contribution is 2.06. The van der Waals surface area contributed by atoms with Crippen molar-refractivity contribution in [3.05, 3.63) is 35.9 Å². The Kier molecular flexibility index (Phi) is 7.76. The van der Waals surface area contributed by atoms with Gasteiger partial charge in [-0.05, 0) is 18.9 Å². The lowest BCUT2D eigenvalue weighted by molar-refractivity contribution is -0.147. The summed E-state index contributed by atoms with van der Waals surface area (Å²) in [5.74, 6) is -2.12. The van der Waals surface area contributed by atoms with Gasteiger partial charge in [0.25, 0.3) is 0 Å². The molecular formula is C16H22N2O5. The van der Waals surface area contributed by atoms with Crippen molar-refractivity contribution in [2.75, 3.05) is 6.61 Å². The normalized spacial score (nSPS) is 13.0. The average molecular weight is 322 g/mol. The van der Waals surface area contributed by atoms with Gasteiger partial charge in [0.15, 0.2) is 0 Å². The lowest BCUT2D eigenvalue weighted by Gasteiger charge is -2.17. The van der Waals surface area contributed by atoms with Crippen LogP contribution in [0.25, 0.3) is 0 Å². The van der Waals surface area contributed by atoms with Gasteiger partial charge in [-0.3, -0.25) is 9.59 Å². The van der Waals surface area contributed by atoms with Crippen LogP contribution in [0.2, 0.25) is 0 Å². The highest BCUT2D eigenvalue weighted by atomic mass is 16.5. The Morgan fingerprint density at radius 2 is 1.91 bits per heavy atom. The molecule has 1 aromatic rings. The minimum absolute atomic E-state index is 0.00203. The first kappa shape index (κ1) is 18.6. The topological polar surface area (TPSA) is 119 Å². The molecule has 0 bridgehead atoms. The molecule has 0 saturated heterocycles. The summed E-state index contributed by atoms with van der Waals surface area (Å²) in [7, 11) is 0. The molecule has 0 saturated carbocycles. The number of hydrogen-bond acceptors (Lipinski definition) is 5. The van der Waals surface area contributed by atoms with Crippen LogP contribution < -0.4 is 11.1 Å². The van der Waals surface area contributed by atoms with E-state index in [1.54, 1.807) is 6.92 Å². The Morgan fingerprint density at radius 1 is 1.26 bits per heavy atom. The molecule has 126 valence electrons. The number of hydrogen-bond donors (Lipinski definition) is 3. The maximum Gasteiger partial charge on any atom is 0.328 e. The third kappa shape index (κ3) is 6.92. The van der Waals surface area contributed by atoms with Gasteiger partial charge in [-0.15, -0.1) is 0 Å². The highest BCUT2D eigenvalue weighted by molar-refractivity contribution is 5.85. The van der Waals surface area contributed by atoms with Crippen molar-refractivity contribution in [1.29, 1.82) is 0 Å². The first-order valence-corrected chi connectivity index (χ1v) is 7.42. The summed E-state index contributed by atoms with van der Waals surface area (Å²) in [6, 6.07) is 7.31. The second-order valence-electron chi connectivity index (χ2n) is 5.05. The molecule has 0 aliphatic carbocycles. The van der Waals surface area contributed by atoms with Crippen molar-refractivity contribution >= 4 is 17.8 Å². The number of carboxylic acid groups (broad SMARTS) is 1. The second kappa shape index (κ2) is 9.58. The number of carboxylic acids is 1. The summed E-state index contributed by atoms with van der Waals surface area (Å²) in [6.45, 7) is 1.90. The van der Waals surface area contributed by atoms with Crippen LogP contribution in [-0.4, -0.2) is 41.6 Å². The zero-order valence-electron chi connectivity index (χ0n) is 13.0. The van der Waals surface area contributed by atoms with E-state index in [9.17, 15) is 14.4 Å². The lowest BCUT2D eigenvalue weighted by atomic mass is 10.1. The minimum atomic E-state index is -1.16. The maximum atomic E-state index is 12.0. The second-order valence-corrected chi connectivity index (χ2v) is 5.05. The molecule has 0 aromatic heterocycles. The third-order valence-corrected chi connectivity index (χ3v) is 3.19. The summed E-state index contributed by atoms with van der Waals surface area (Å²) in [6.07, 6.45) is 0.233. The molecule has 0 radical (unpaired) electrons. The molecule has 2 atom stereocenters. The lowest BCUT2D eigenvalue weighted by Crippen LogP contribution is -2.44. The predicted octanol–water partition coefficient (Wildman–Crippen LogP) is 0.469. The van der Waals surface area contributed by atoms with Gasteiger partial charge in [0.05, 0.1) is 6.61 Å². The Morgan fingerprint density at radius 3 is 2.48 bits per heavy atom. The molecule has 7 nitrogen and oxygen atoms in total. The molecule has 1 aromatic carbocycles. The SMILES string of the molecule is CCOC(=O)C(Cc1ccccc1)NC(=O)CCC(N)C(=O)O. The predicted molar refractivity (Wildman–Crippen MR) is 83.6 cm³/mol. The molecule has 0 aliphatic heterocycles. The quantitative estimate of drug-likeness (QED) is 0.569. The van der Waals surface area contributed by atoms with E-state index in [1.807, 2.05) is 30.3 Å². The van der Waals surface area contributed by atoms with E-state index in [0.717, 1.165) is 5.56 Å². The Bertz CT molecular complexity index is 533. The van der Waals surface area contributed by atoms with E-state index in [0.29, 0.717) is 6.42 Å². The van der Waals surface area contributed by atoms with Gasteiger partial charge < -0.3 is 20.9 Å². The molecular weight excluding hydrogens is 300 g/mol. The van der Waals surface area contributed by atoms with Crippen LogP contribution in [0.3, 0.4) is 0 Å². The van der Waals surface area contributed by atoms with Gasteiger partial charge in [-0.1, -0.05) is 30.3 Å². The van der Waals surface area contributed by atoms with Crippen LogP contribution in [-0.2, 0) is 25.5 Å². The number of nitrogens with two attached hydrogens (primary N) is 1. The fraction of sp³-hybridized carbons (Fsp3) is 0.438. The zero-order valence-corrected chi connectivity index (χ0v) is 13.0. The number of aliphatic carboxylic acids is 1. The van der Waals surface area contributed by atoms with Crippen LogP contribution in [0.15, 0.2) is 30.3 Å². The summed E-state index contributed by atoms with van der Waals surface area (Å²) in [5.41, 5.74) is 6.24. The first-order valence-electron chi connectivity index (χ1n) is 7.42. The van der Waals surface area contributed by atoms with Gasteiger partial charge in [0.2, 0.25) is 5.91 Å². The van der Waals surface area contributed by atoms with E-state index in [1.165, 1.54) is 0 Å². The van der Waals surface area contributed by atoms with E-state index in [-0.39, 0.29) is 19.4 Å². The smallest absolute Gasteiger partial charge is 0.328 e. The molecule has 7 heteroatoms. The molecule has 23 heavy (non-hydrogen) atoms. The molecule has 1 amide bonds. The Hall–Kier alpha value is -2.41. The summed E-state index contributed by atoms with van der Waals surface area (Å²) < 4.78 is 4.97. The van der Waals surface area contributed by atoms with Gasteiger partial charge in [-0.2, -0.15) is 0 Å². The van der Waals surface area contributed by atoms with E-state index in [2.05, 4.69) is 5.32 Å². The van der Waals surface area contributed by atoms with Crippen LogP contribution >= 0.6 is 0 Å². The molecule has 0 aliphatic rings. The van der Waals surface area contributed by atoms with Gasteiger partial charge in [0.1, 0.15) is 12.1 Å². The number of carbonyl (C=O) groups is 3. The van der Waals surface area contributed by atoms with Gasteiger partial charge in [-0.25, -0.2) is 4.79 Å². The van der Waals surface area contributed by atoms with Gasteiger partial charge in [0, 0.05) is 12.8 Å². The number of carbonyl (C=O) groups excluding carboxylic acids is 2. The van der Waals surface area contributed by atoms with Crippen molar-refractivity contribution in [3.8, 4) is 0 Å². The van der Waals surface area contributed by atoms with Crippen LogP contribution in [0.4, 0.5) is 0 Å². The fourth-order valence-electron chi connectivity index (χ4n) is 1.96. The molecule has 0 fully saturated rings. The molecule has 0 spiro atoms. The first-order chi connectivity index (χ1) is 10.9. The number of benzene rings is 1. The summed E-state index contributed by atoms with van der Waals surface area (Å²) >= 11 is 0. The summed E-state index contributed by atoms with van der Waals surface area (Å²) in [4.78, 5) is 34.5. The largest absolute Gasteiger partial charge is 0.480 e. The monoisotopic (exact) mass is 322 g/mol. The van der Waals surface area contributed by atoms with Crippen LogP contribution in [0, 0.1) is 0 Å². The van der Waals surface area contributed by atoms with Crippen molar-refractivity contribution in [2.45, 2.75) is 38.3 Å². The highest BCUT2D eigenvalue weighted by Gasteiger charge is 2.23. The average Bonchev–Trinajstić information content (AvgIpc) is 2.53. The number of rotatable bonds is 9. The summed E-state index contributed by atoms with van der Waals surface area (Å²) in [5, 5.41) is 11.3. The number of nitrogens with one attached hydrogen (secondary N) is 1. The maximum absolute atomic E-state index is 12.0. The van der Waals surface area contributed by atoms with Crippen molar-refractivity contribution in [2.24, 2.45) is 5.73 Å². The Balaban J connectivity index is 2.63. The third-order valence-electron chi connectivity index (χ3n) is 3.19. The van der Waals surface area contributed by atoms with E-state index in [4.69, 9.17) is 15.6 Å². The minimum Gasteiger partial charge on any atom is -0.480 e. The van der Waals surface area contributed by atoms with E-state index >= 15 is 0 Å². The van der Waals surface area contributed by atoms with Crippen molar-refractivity contribution in [1.82, 2.24) is 5.32 Å². The molecule has 1 rings (SSSR count). The Labute approximate surface area is 134 Å². The number of amides is 1. The molecule has 4 N–H and O–H groups in total. The zero-order chi connectivity index (χ0) is 17.2. The van der Waals surface area contributed by atoms with Crippen molar-refractivity contribution in [3.63, 3.8) is 0 Å². The molecule has 2 unspecified atom stereocenters. The van der Waals surface area contributed by atoms with Crippen molar-refractivity contribution < 1.29 is 24.2 Å². The van der Waals surface area contributed by atoms with Crippen LogP contribution in [0.5, 0.6) is 0 Å². The fourth-order valence-corrected chi connectivity index (χ4v) is 1.96. The number of esters is 1. The molecule has 0 heterocycles. The van der Waals surface area contributed by atoms with Crippen LogP contribution in [0.1, 0.15) is 25.3 Å². The van der Waals surface area contributed by atoms with Gasteiger partial charge >= 0.3 is 11.9 Å². The standard InChI is InChI=1S/C16H22N2O5/c1-2-23-16(22)13(10-11-6-4-3-5-7-11)18-14(19)9-8-12(17)15(20)21/h3-7,12-13H,2,8-10,17H2,1H3,(H,18,19)(H,20,21).